The molecular weight excluding hydrogens is 378 g/mol. The fourth-order valence-electron chi connectivity index (χ4n) is 2.05. The molecule has 27 heavy (non-hydrogen) atoms. The third kappa shape index (κ3) is 5.79. The smallest absolute Gasteiger partial charge is 0.338 e. The van der Waals surface area contributed by atoms with Gasteiger partial charge < -0.3 is 15.4 Å². The number of non-ortho nitro benzene ring substituents is 1. The van der Waals surface area contributed by atoms with Crippen molar-refractivity contribution in [3.05, 3.63) is 63.2 Å². The van der Waals surface area contributed by atoms with Crippen molar-refractivity contribution in [1.82, 2.24) is 0 Å². The first-order valence-electron chi connectivity index (χ1n) is 7.55. The molecule has 0 aliphatic carbocycles. The maximum atomic E-state index is 12.0. The van der Waals surface area contributed by atoms with Crippen LogP contribution in [0.15, 0.2) is 42.5 Å². The predicted molar refractivity (Wildman–Crippen MR) is 97.8 cm³/mol. The summed E-state index contributed by atoms with van der Waals surface area (Å²) in [7, 11) is 0. The fraction of sp³-hybridized carbons (Fsp3) is 0.118. The average molecular weight is 392 g/mol. The number of esters is 1. The number of hydrogen-bond donors (Lipinski definition) is 2. The summed E-state index contributed by atoms with van der Waals surface area (Å²) in [5.74, 6) is -1.72. The van der Waals surface area contributed by atoms with E-state index in [1.165, 1.54) is 31.2 Å². The van der Waals surface area contributed by atoms with Gasteiger partial charge in [-0.1, -0.05) is 17.7 Å². The molecule has 2 aromatic carbocycles. The third-order valence-electron chi connectivity index (χ3n) is 3.19. The standard InChI is InChI=1S/C17H14ClN3O6/c1-10(22)19-12-4-2-3-11(7-12)17(24)27-9-16(23)20-15-6-5-13(21(25)26)8-14(15)18/h2-8H,9H2,1H3,(H,19,22)(H,20,23). The summed E-state index contributed by atoms with van der Waals surface area (Å²) in [5, 5.41) is 15.6. The Morgan fingerprint density at radius 1 is 1.15 bits per heavy atom. The second-order valence-electron chi connectivity index (χ2n) is 5.31. The Balaban J connectivity index is 1.94. The number of amides is 2. The van der Waals surface area contributed by atoms with Crippen molar-refractivity contribution in [3.8, 4) is 0 Å². The highest BCUT2D eigenvalue weighted by molar-refractivity contribution is 6.34. The minimum Gasteiger partial charge on any atom is -0.452 e. The van der Waals surface area contributed by atoms with Crippen molar-refractivity contribution in [3.63, 3.8) is 0 Å². The Morgan fingerprint density at radius 2 is 1.89 bits per heavy atom. The summed E-state index contributed by atoms with van der Waals surface area (Å²) < 4.78 is 4.91. The Bertz CT molecular complexity index is 915. The van der Waals surface area contributed by atoms with E-state index in [0.717, 1.165) is 6.07 Å². The van der Waals surface area contributed by atoms with Crippen LogP contribution in [0, 0.1) is 10.1 Å². The van der Waals surface area contributed by atoms with Crippen molar-refractivity contribution in [2.24, 2.45) is 0 Å². The van der Waals surface area contributed by atoms with Crippen LogP contribution in [-0.4, -0.2) is 29.3 Å². The molecule has 10 heteroatoms. The molecule has 0 heterocycles. The molecule has 0 unspecified atom stereocenters. The number of benzene rings is 2. The first kappa shape index (κ1) is 19.9. The minimum absolute atomic E-state index is 0.0214. The lowest BCUT2D eigenvalue weighted by molar-refractivity contribution is -0.384. The van der Waals surface area contributed by atoms with Crippen LogP contribution in [0.3, 0.4) is 0 Å². The van der Waals surface area contributed by atoms with E-state index in [0.29, 0.717) is 5.69 Å². The number of rotatable bonds is 6. The van der Waals surface area contributed by atoms with Crippen LogP contribution in [0.25, 0.3) is 0 Å². The maximum Gasteiger partial charge on any atom is 0.338 e. The van der Waals surface area contributed by atoms with Crippen molar-refractivity contribution >= 4 is 46.4 Å². The number of nitrogens with one attached hydrogen (secondary N) is 2. The molecule has 0 aliphatic rings. The van der Waals surface area contributed by atoms with E-state index in [1.54, 1.807) is 12.1 Å². The zero-order chi connectivity index (χ0) is 20.0. The van der Waals surface area contributed by atoms with Gasteiger partial charge in [0.2, 0.25) is 5.91 Å². The van der Waals surface area contributed by atoms with Crippen molar-refractivity contribution in [1.29, 1.82) is 0 Å². The molecule has 0 aliphatic heterocycles. The minimum atomic E-state index is -0.757. The summed E-state index contributed by atoms with van der Waals surface area (Å²) >= 11 is 5.87. The lowest BCUT2D eigenvalue weighted by atomic mass is 10.2. The van der Waals surface area contributed by atoms with Crippen molar-refractivity contribution in [2.75, 3.05) is 17.2 Å². The van der Waals surface area contributed by atoms with E-state index >= 15 is 0 Å². The number of halogens is 1. The normalized spacial score (nSPS) is 10.0. The summed E-state index contributed by atoms with van der Waals surface area (Å²) in [6.45, 7) is 0.745. The van der Waals surface area contributed by atoms with Gasteiger partial charge in [-0.15, -0.1) is 0 Å². The van der Waals surface area contributed by atoms with Crippen LogP contribution in [0.5, 0.6) is 0 Å². The quantitative estimate of drug-likeness (QED) is 0.442. The number of carbonyl (C=O) groups is 3. The van der Waals surface area contributed by atoms with Crippen LogP contribution < -0.4 is 10.6 Å². The summed E-state index contributed by atoms with van der Waals surface area (Å²) in [6, 6.07) is 9.59. The van der Waals surface area contributed by atoms with E-state index in [2.05, 4.69) is 10.6 Å². The highest BCUT2D eigenvalue weighted by atomic mass is 35.5. The second-order valence-corrected chi connectivity index (χ2v) is 5.71. The Hall–Kier alpha value is -3.46. The Kier molecular flexibility index (Phi) is 6.45. The number of nitro groups is 1. The number of anilines is 2. The number of ether oxygens (including phenoxy) is 1. The molecule has 0 radical (unpaired) electrons. The molecule has 0 atom stereocenters. The van der Waals surface area contributed by atoms with Crippen LogP contribution in [0.2, 0.25) is 5.02 Å². The first-order valence-corrected chi connectivity index (χ1v) is 7.92. The van der Waals surface area contributed by atoms with Crippen molar-refractivity contribution in [2.45, 2.75) is 6.92 Å². The van der Waals surface area contributed by atoms with Gasteiger partial charge >= 0.3 is 5.97 Å². The highest BCUT2D eigenvalue weighted by Crippen LogP contribution is 2.26. The van der Waals surface area contributed by atoms with E-state index in [1.807, 2.05) is 0 Å². The molecule has 9 nitrogen and oxygen atoms in total. The first-order chi connectivity index (χ1) is 12.8. The molecule has 2 aromatic rings. The van der Waals surface area contributed by atoms with E-state index < -0.39 is 23.4 Å². The third-order valence-corrected chi connectivity index (χ3v) is 3.50. The maximum absolute atomic E-state index is 12.0. The van der Waals surface area contributed by atoms with Crippen LogP contribution >= 0.6 is 11.6 Å². The Labute approximate surface area is 158 Å². The predicted octanol–water partition coefficient (Wildman–Crippen LogP) is 3.00. The highest BCUT2D eigenvalue weighted by Gasteiger charge is 2.14. The van der Waals surface area contributed by atoms with Gasteiger partial charge in [0, 0.05) is 24.7 Å². The van der Waals surface area contributed by atoms with E-state index in [9.17, 15) is 24.5 Å². The molecule has 0 saturated carbocycles. The zero-order valence-corrected chi connectivity index (χ0v) is 14.8. The van der Waals surface area contributed by atoms with Gasteiger partial charge in [-0.3, -0.25) is 19.7 Å². The fourth-order valence-corrected chi connectivity index (χ4v) is 2.27. The van der Waals surface area contributed by atoms with Gasteiger partial charge in [-0.2, -0.15) is 0 Å². The van der Waals surface area contributed by atoms with Gasteiger partial charge in [0.05, 0.1) is 21.2 Å². The van der Waals surface area contributed by atoms with Gasteiger partial charge in [-0.25, -0.2) is 4.79 Å². The van der Waals surface area contributed by atoms with Gasteiger partial charge in [-0.05, 0) is 24.3 Å². The molecule has 2 amide bonds. The van der Waals surface area contributed by atoms with E-state index in [-0.39, 0.29) is 27.9 Å². The van der Waals surface area contributed by atoms with Crippen LogP contribution in [0.4, 0.5) is 17.1 Å². The largest absolute Gasteiger partial charge is 0.452 e. The monoisotopic (exact) mass is 391 g/mol. The SMILES string of the molecule is CC(=O)Nc1cccc(C(=O)OCC(=O)Nc2ccc([N+](=O)[O-])cc2Cl)c1. The van der Waals surface area contributed by atoms with Gasteiger partial charge in [0.1, 0.15) is 0 Å². The lowest BCUT2D eigenvalue weighted by Gasteiger charge is -2.09. The molecule has 0 aromatic heterocycles. The molecule has 2 rings (SSSR count). The Morgan fingerprint density at radius 3 is 2.52 bits per heavy atom. The van der Waals surface area contributed by atoms with Gasteiger partial charge in [0.15, 0.2) is 6.61 Å². The number of carbonyl (C=O) groups excluding carboxylic acids is 3. The topological polar surface area (TPSA) is 128 Å². The summed E-state index contributed by atoms with van der Waals surface area (Å²) in [4.78, 5) is 45.0. The summed E-state index contributed by atoms with van der Waals surface area (Å²) in [5.41, 5.74) is 0.501. The zero-order valence-electron chi connectivity index (χ0n) is 14.0. The second kappa shape index (κ2) is 8.77. The summed E-state index contributed by atoms with van der Waals surface area (Å²) in [6.07, 6.45) is 0. The number of nitro benzene ring substituents is 1. The van der Waals surface area contributed by atoms with Gasteiger partial charge in [0.25, 0.3) is 11.6 Å². The number of hydrogen-bond acceptors (Lipinski definition) is 6. The molecule has 140 valence electrons. The van der Waals surface area contributed by atoms with Crippen molar-refractivity contribution < 1.29 is 24.0 Å². The molecular formula is C17H14ClN3O6. The van der Waals surface area contributed by atoms with Crippen LogP contribution in [-0.2, 0) is 14.3 Å². The molecule has 0 bridgehead atoms. The average Bonchev–Trinajstić information content (AvgIpc) is 2.61. The number of nitrogens with zero attached hydrogens (tertiary/aromatic N) is 1. The molecule has 0 saturated heterocycles. The molecule has 0 spiro atoms. The molecule has 0 fully saturated rings. The van der Waals surface area contributed by atoms with E-state index in [4.69, 9.17) is 16.3 Å². The van der Waals surface area contributed by atoms with Crippen LogP contribution in [0.1, 0.15) is 17.3 Å². The molecule has 2 N–H and O–H groups in total. The lowest BCUT2D eigenvalue weighted by Crippen LogP contribution is -2.21.